The molecule has 1 aromatic heterocycles. The lowest BCUT2D eigenvalue weighted by molar-refractivity contribution is -0.119. The van der Waals surface area contributed by atoms with E-state index in [-0.39, 0.29) is 17.9 Å². The molecule has 0 spiro atoms. The molecule has 6 heteroatoms. The summed E-state index contributed by atoms with van der Waals surface area (Å²) in [6, 6.07) is 1.82. The zero-order valence-corrected chi connectivity index (χ0v) is 15.3. The molecule has 1 aromatic rings. The summed E-state index contributed by atoms with van der Waals surface area (Å²) < 4.78 is 0.729. The van der Waals surface area contributed by atoms with Crippen LogP contribution in [0.5, 0.6) is 0 Å². The minimum absolute atomic E-state index is 0.00163. The first-order valence-corrected chi connectivity index (χ1v) is 7.91. The first-order chi connectivity index (χ1) is 9.59. The summed E-state index contributed by atoms with van der Waals surface area (Å²) in [4.78, 5) is 22.7. The highest BCUT2D eigenvalue weighted by Crippen LogP contribution is 2.23. The number of nitrogens with one attached hydrogen (secondary N) is 1. The molecule has 0 bridgehead atoms. The van der Waals surface area contributed by atoms with Crippen LogP contribution in [0.2, 0.25) is 0 Å². The zero-order chi connectivity index (χ0) is 16.2. The Bertz CT molecular complexity index is 497. The molecule has 1 N–H and O–H groups in total. The Kier molecular flexibility index (Phi) is 6.13. The van der Waals surface area contributed by atoms with Crippen molar-refractivity contribution in [2.45, 2.75) is 40.0 Å². The first kappa shape index (κ1) is 17.9. The first-order valence-electron chi connectivity index (χ1n) is 7.12. The fraction of sp³-hybridized carbons (Fsp3) is 0.667. The van der Waals surface area contributed by atoms with Gasteiger partial charge in [-0.3, -0.25) is 4.79 Å². The van der Waals surface area contributed by atoms with E-state index in [1.165, 1.54) is 0 Å². The summed E-state index contributed by atoms with van der Waals surface area (Å²) in [5.74, 6) is 1.93. The highest BCUT2D eigenvalue weighted by molar-refractivity contribution is 9.10. The van der Waals surface area contributed by atoms with E-state index in [4.69, 9.17) is 0 Å². The highest BCUT2D eigenvalue weighted by Gasteiger charge is 2.20. The molecule has 118 valence electrons. The number of hydrogen-bond acceptors (Lipinski definition) is 4. The van der Waals surface area contributed by atoms with Crippen molar-refractivity contribution in [1.82, 2.24) is 15.3 Å². The van der Waals surface area contributed by atoms with E-state index in [1.54, 1.807) is 0 Å². The molecule has 1 amide bonds. The van der Waals surface area contributed by atoms with Gasteiger partial charge in [-0.2, -0.15) is 0 Å². The van der Waals surface area contributed by atoms with Crippen molar-refractivity contribution in [3.63, 3.8) is 0 Å². The normalized spacial score (nSPS) is 11.6. The molecule has 0 radical (unpaired) electrons. The predicted molar refractivity (Wildman–Crippen MR) is 89.5 cm³/mol. The topological polar surface area (TPSA) is 58.1 Å². The Morgan fingerprint density at radius 1 is 1.38 bits per heavy atom. The smallest absolute Gasteiger partial charge is 0.239 e. The molecule has 0 unspecified atom stereocenters. The van der Waals surface area contributed by atoms with Gasteiger partial charge in [0.1, 0.15) is 16.2 Å². The van der Waals surface area contributed by atoms with Crippen molar-refractivity contribution >= 4 is 27.7 Å². The van der Waals surface area contributed by atoms with Crippen molar-refractivity contribution in [2.24, 2.45) is 5.92 Å². The molecule has 21 heavy (non-hydrogen) atoms. The molecule has 1 heterocycles. The monoisotopic (exact) mass is 356 g/mol. The third kappa shape index (κ3) is 5.99. The van der Waals surface area contributed by atoms with Crippen LogP contribution < -0.4 is 10.2 Å². The van der Waals surface area contributed by atoms with Gasteiger partial charge in [-0.05, 0) is 21.8 Å². The maximum absolute atomic E-state index is 11.9. The molecule has 0 aromatic carbocycles. The minimum atomic E-state index is -0.140. The quantitative estimate of drug-likeness (QED) is 0.824. The van der Waals surface area contributed by atoms with Crippen molar-refractivity contribution < 1.29 is 4.79 Å². The number of amides is 1. The fourth-order valence-electron chi connectivity index (χ4n) is 1.61. The summed E-state index contributed by atoms with van der Waals surface area (Å²) in [5, 5.41) is 2.91. The molecule has 0 atom stereocenters. The molecule has 0 aliphatic rings. The van der Waals surface area contributed by atoms with Crippen LogP contribution in [0.3, 0.4) is 0 Å². The van der Waals surface area contributed by atoms with Gasteiger partial charge in [0.15, 0.2) is 0 Å². The predicted octanol–water partition coefficient (Wildman–Crippen LogP) is 2.75. The number of carbonyl (C=O) groups is 1. The summed E-state index contributed by atoms with van der Waals surface area (Å²) >= 11 is 3.41. The number of aromatic nitrogens is 2. The number of nitrogens with zero attached hydrogens (tertiary/aromatic N) is 3. The summed E-state index contributed by atoms with van der Waals surface area (Å²) in [6.45, 7) is 11.3. The van der Waals surface area contributed by atoms with Gasteiger partial charge in [-0.15, -0.1) is 0 Å². The van der Waals surface area contributed by atoms with Crippen molar-refractivity contribution in [3.05, 3.63) is 16.5 Å². The Balaban J connectivity index is 2.80. The van der Waals surface area contributed by atoms with E-state index in [0.29, 0.717) is 12.5 Å². The maximum atomic E-state index is 11.9. The Morgan fingerprint density at radius 2 is 2.00 bits per heavy atom. The van der Waals surface area contributed by atoms with Crippen LogP contribution in [0.1, 0.15) is 40.4 Å². The van der Waals surface area contributed by atoms with Gasteiger partial charge < -0.3 is 10.2 Å². The number of hydrogen-bond donors (Lipinski definition) is 1. The number of carbonyl (C=O) groups excluding carboxylic acids is 1. The molecular weight excluding hydrogens is 332 g/mol. The Labute approximate surface area is 135 Å². The largest absolute Gasteiger partial charge is 0.354 e. The summed E-state index contributed by atoms with van der Waals surface area (Å²) in [7, 11) is 1.86. The van der Waals surface area contributed by atoms with E-state index >= 15 is 0 Å². The van der Waals surface area contributed by atoms with Gasteiger partial charge in [0, 0.05) is 25.1 Å². The Morgan fingerprint density at radius 3 is 2.52 bits per heavy atom. The molecule has 0 aliphatic carbocycles. The molecule has 0 aliphatic heterocycles. The second-order valence-electron chi connectivity index (χ2n) is 6.68. The van der Waals surface area contributed by atoms with Crippen LogP contribution in [-0.4, -0.2) is 36.0 Å². The average Bonchev–Trinajstić information content (AvgIpc) is 2.34. The molecule has 0 saturated heterocycles. The summed E-state index contributed by atoms with van der Waals surface area (Å²) in [5.41, 5.74) is -0.140. The van der Waals surface area contributed by atoms with Gasteiger partial charge in [-0.1, -0.05) is 34.6 Å². The third-order valence-electron chi connectivity index (χ3n) is 2.83. The lowest BCUT2D eigenvalue weighted by Crippen LogP contribution is -2.37. The van der Waals surface area contributed by atoms with Crippen LogP contribution in [0.4, 0.5) is 5.82 Å². The Hall–Kier alpha value is -1.17. The van der Waals surface area contributed by atoms with Crippen LogP contribution >= 0.6 is 15.9 Å². The van der Waals surface area contributed by atoms with E-state index in [0.717, 1.165) is 16.2 Å². The van der Waals surface area contributed by atoms with Crippen LogP contribution in [0.15, 0.2) is 10.7 Å². The second kappa shape index (κ2) is 7.20. The lowest BCUT2D eigenvalue weighted by atomic mass is 9.96. The second-order valence-corrected chi connectivity index (χ2v) is 7.49. The van der Waals surface area contributed by atoms with Gasteiger partial charge in [-0.25, -0.2) is 9.97 Å². The van der Waals surface area contributed by atoms with Crippen LogP contribution in [0.25, 0.3) is 0 Å². The maximum Gasteiger partial charge on any atom is 0.239 e. The van der Waals surface area contributed by atoms with Gasteiger partial charge in [0.2, 0.25) is 5.91 Å². The number of anilines is 1. The number of rotatable bonds is 5. The van der Waals surface area contributed by atoms with Gasteiger partial charge in [0.05, 0.1) is 6.54 Å². The van der Waals surface area contributed by atoms with Crippen LogP contribution in [-0.2, 0) is 10.2 Å². The third-order valence-corrected chi connectivity index (χ3v) is 3.24. The SMILES string of the molecule is CC(C)CNC(=O)CN(C)c1cc(Br)nc(C(C)(C)C)n1. The van der Waals surface area contributed by atoms with E-state index in [2.05, 4.69) is 65.8 Å². The van der Waals surface area contributed by atoms with E-state index in [1.807, 2.05) is 18.0 Å². The zero-order valence-electron chi connectivity index (χ0n) is 13.7. The molecule has 1 rings (SSSR count). The van der Waals surface area contributed by atoms with Crippen molar-refractivity contribution in [1.29, 1.82) is 0 Å². The summed E-state index contributed by atoms with van der Waals surface area (Å²) in [6.07, 6.45) is 0. The molecule has 5 nitrogen and oxygen atoms in total. The standard InChI is InChI=1S/C15H25BrN4O/c1-10(2)8-17-13(21)9-20(6)12-7-11(16)18-14(19-12)15(3,4)5/h7,10H,8-9H2,1-6H3,(H,17,21). The van der Waals surface area contributed by atoms with Gasteiger partial charge in [0.25, 0.3) is 0 Å². The van der Waals surface area contributed by atoms with Crippen molar-refractivity contribution in [3.8, 4) is 0 Å². The average molecular weight is 357 g/mol. The van der Waals surface area contributed by atoms with Gasteiger partial charge >= 0.3 is 0 Å². The van der Waals surface area contributed by atoms with Crippen molar-refractivity contribution in [2.75, 3.05) is 25.0 Å². The molecule has 0 fully saturated rings. The van der Waals surface area contributed by atoms with E-state index < -0.39 is 0 Å². The molecular formula is C15H25BrN4O. The minimum Gasteiger partial charge on any atom is -0.354 e. The van der Waals surface area contributed by atoms with E-state index in [9.17, 15) is 4.79 Å². The van der Waals surface area contributed by atoms with Crippen LogP contribution in [0, 0.1) is 5.92 Å². The lowest BCUT2D eigenvalue weighted by Gasteiger charge is -2.22. The number of likely N-dealkylation sites (N-methyl/N-ethyl adjacent to an activating group) is 1. The number of halogens is 1. The highest BCUT2D eigenvalue weighted by atomic mass is 79.9. The fourth-order valence-corrected chi connectivity index (χ4v) is 1.98. The molecule has 0 saturated carbocycles.